The summed E-state index contributed by atoms with van der Waals surface area (Å²) in [6.07, 6.45) is 10.0. The molecule has 1 fully saturated rings. The molecule has 0 unspecified atom stereocenters. The Morgan fingerprint density at radius 2 is 1.73 bits per heavy atom. The van der Waals surface area contributed by atoms with E-state index in [4.69, 9.17) is 0 Å². The van der Waals surface area contributed by atoms with Gasteiger partial charge in [-0.25, -0.2) is 4.79 Å². The van der Waals surface area contributed by atoms with Crippen LogP contribution in [0.2, 0.25) is 0 Å². The van der Waals surface area contributed by atoms with E-state index < -0.39 is 0 Å². The van der Waals surface area contributed by atoms with Gasteiger partial charge in [-0.05, 0) is 12.3 Å². The maximum absolute atomic E-state index is 11.2. The van der Waals surface area contributed by atoms with Crippen molar-refractivity contribution in [1.29, 1.82) is 0 Å². The quantitative estimate of drug-likeness (QED) is 0.526. The van der Waals surface area contributed by atoms with Gasteiger partial charge in [0, 0.05) is 5.57 Å². The molecule has 0 radical (unpaired) electrons. The van der Waals surface area contributed by atoms with E-state index in [-0.39, 0.29) is 5.97 Å². The van der Waals surface area contributed by atoms with Gasteiger partial charge < -0.3 is 4.74 Å². The van der Waals surface area contributed by atoms with E-state index in [0.717, 1.165) is 6.42 Å². The Bertz CT molecular complexity index is 213. The van der Waals surface area contributed by atoms with Gasteiger partial charge in [0.1, 0.15) is 0 Å². The number of rotatable bonds is 3. The van der Waals surface area contributed by atoms with E-state index in [1.54, 1.807) is 0 Å². The third-order valence-electron chi connectivity index (χ3n) is 3.23. The highest BCUT2D eigenvalue weighted by molar-refractivity contribution is 5.87. The molecule has 0 bridgehead atoms. The van der Waals surface area contributed by atoms with E-state index in [2.05, 4.69) is 11.3 Å². The Hall–Kier alpha value is -0.790. The monoisotopic (exact) mass is 210 g/mol. The van der Waals surface area contributed by atoms with E-state index in [1.807, 2.05) is 0 Å². The Kier molecular flexibility index (Phi) is 5.44. The van der Waals surface area contributed by atoms with Crippen molar-refractivity contribution >= 4 is 5.97 Å². The summed E-state index contributed by atoms with van der Waals surface area (Å²) in [5, 5.41) is 0. The molecule has 15 heavy (non-hydrogen) atoms. The van der Waals surface area contributed by atoms with Gasteiger partial charge in [0.25, 0.3) is 0 Å². The minimum absolute atomic E-state index is 0.239. The zero-order valence-electron chi connectivity index (χ0n) is 9.76. The fourth-order valence-electron chi connectivity index (χ4n) is 2.32. The van der Waals surface area contributed by atoms with Gasteiger partial charge in [0.2, 0.25) is 0 Å². The molecule has 86 valence electrons. The van der Waals surface area contributed by atoms with Gasteiger partial charge in [-0.3, -0.25) is 0 Å². The molecule has 0 aliphatic heterocycles. The van der Waals surface area contributed by atoms with Gasteiger partial charge in [-0.1, -0.05) is 51.5 Å². The maximum Gasteiger partial charge on any atom is 0.333 e. The predicted octanol–water partition coefficient (Wildman–Crippen LogP) is 3.47. The molecule has 1 aliphatic carbocycles. The van der Waals surface area contributed by atoms with Crippen LogP contribution in [0.1, 0.15) is 51.4 Å². The van der Waals surface area contributed by atoms with Crippen molar-refractivity contribution in [2.75, 3.05) is 7.11 Å². The fraction of sp³-hybridized carbons (Fsp3) is 0.769. The van der Waals surface area contributed by atoms with Crippen LogP contribution in [-0.2, 0) is 9.53 Å². The first-order chi connectivity index (χ1) is 7.24. The number of hydrogen-bond donors (Lipinski definition) is 0. The molecule has 1 rings (SSSR count). The average molecular weight is 210 g/mol. The van der Waals surface area contributed by atoms with E-state index in [9.17, 15) is 4.79 Å². The number of carbonyl (C=O) groups is 1. The third-order valence-corrected chi connectivity index (χ3v) is 3.23. The van der Waals surface area contributed by atoms with Crippen LogP contribution in [0.4, 0.5) is 0 Å². The summed E-state index contributed by atoms with van der Waals surface area (Å²) in [5.41, 5.74) is 0.642. The zero-order valence-corrected chi connectivity index (χ0v) is 9.76. The zero-order chi connectivity index (χ0) is 11.1. The van der Waals surface area contributed by atoms with Crippen LogP contribution < -0.4 is 0 Å². The predicted molar refractivity (Wildman–Crippen MR) is 61.6 cm³/mol. The summed E-state index contributed by atoms with van der Waals surface area (Å²) >= 11 is 0. The lowest BCUT2D eigenvalue weighted by atomic mass is 9.87. The first-order valence-electron chi connectivity index (χ1n) is 6.00. The van der Waals surface area contributed by atoms with Crippen molar-refractivity contribution in [3.05, 3.63) is 12.2 Å². The molecule has 0 aromatic rings. The Morgan fingerprint density at radius 1 is 1.20 bits per heavy atom. The lowest BCUT2D eigenvalue weighted by Gasteiger charge is -2.19. The summed E-state index contributed by atoms with van der Waals surface area (Å²) in [6.45, 7) is 3.80. The largest absolute Gasteiger partial charge is 0.466 e. The van der Waals surface area contributed by atoms with Crippen molar-refractivity contribution in [2.24, 2.45) is 5.92 Å². The van der Waals surface area contributed by atoms with Crippen molar-refractivity contribution in [3.8, 4) is 0 Å². The molecule has 0 atom stereocenters. The van der Waals surface area contributed by atoms with E-state index in [1.165, 1.54) is 52.1 Å². The van der Waals surface area contributed by atoms with Crippen molar-refractivity contribution in [3.63, 3.8) is 0 Å². The lowest BCUT2D eigenvalue weighted by molar-refractivity contribution is -0.136. The molecule has 0 spiro atoms. The number of hydrogen-bond acceptors (Lipinski definition) is 2. The molecular formula is C13H22O2. The smallest absolute Gasteiger partial charge is 0.333 e. The number of carbonyl (C=O) groups excluding carboxylic acids is 1. The van der Waals surface area contributed by atoms with Crippen LogP contribution in [0.15, 0.2) is 12.2 Å². The van der Waals surface area contributed by atoms with Gasteiger partial charge >= 0.3 is 5.97 Å². The maximum atomic E-state index is 11.2. The van der Waals surface area contributed by atoms with E-state index in [0.29, 0.717) is 11.5 Å². The average Bonchev–Trinajstić information content (AvgIpc) is 2.20. The Labute approximate surface area is 92.7 Å². The van der Waals surface area contributed by atoms with Gasteiger partial charge in [0.05, 0.1) is 7.11 Å². The summed E-state index contributed by atoms with van der Waals surface area (Å²) in [4.78, 5) is 11.2. The first-order valence-corrected chi connectivity index (χ1v) is 6.00. The second-order valence-electron chi connectivity index (χ2n) is 4.51. The number of ether oxygens (including phenoxy) is 1. The standard InChI is InChI=1S/C13H22O2/c1-11(13(14)15-2)10-12-8-6-4-3-5-7-9-12/h12H,1,3-10H2,2H3. The lowest BCUT2D eigenvalue weighted by Crippen LogP contribution is -2.10. The van der Waals surface area contributed by atoms with Crippen LogP contribution in [0, 0.1) is 5.92 Å². The molecule has 0 heterocycles. The minimum Gasteiger partial charge on any atom is -0.466 e. The highest BCUT2D eigenvalue weighted by Crippen LogP contribution is 2.27. The molecule has 1 saturated carbocycles. The van der Waals surface area contributed by atoms with Crippen molar-refractivity contribution in [2.45, 2.75) is 51.4 Å². The highest BCUT2D eigenvalue weighted by atomic mass is 16.5. The SMILES string of the molecule is C=C(CC1CCCCCCC1)C(=O)OC. The fourth-order valence-corrected chi connectivity index (χ4v) is 2.32. The topological polar surface area (TPSA) is 26.3 Å². The second-order valence-corrected chi connectivity index (χ2v) is 4.51. The summed E-state index contributed by atoms with van der Waals surface area (Å²) < 4.78 is 4.67. The van der Waals surface area contributed by atoms with Crippen molar-refractivity contribution < 1.29 is 9.53 Å². The van der Waals surface area contributed by atoms with Crippen molar-refractivity contribution in [1.82, 2.24) is 0 Å². The van der Waals surface area contributed by atoms with Gasteiger partial charge in [-0.2, -0.15) is 0 Å². The molecule has 2 nitrogen and oxygen atoms in total. The molecular weight excluding hydrogens is 188 g/mol. The first kappa shape index (κ1) is 12.3. The van der Waals surface area contributed by atoms with Crippen LogP contribution in [0.5, 0.6) is 0 Å². The molecule has 0 amide bonds. The molecule has 1 aliphatic rings. The third kappa shape index (κ3) is 4.50. The minimum atomic E-state index is -0.239. The van der Waals surface area contributed by atoms with Crippen LogP contribution >= 0.6 is 0 Å². The van der Waals surface area contributed by atoms with Crippen LogP contribution in [0.25, 0.3) is 0 Å². The normalized spacial score (nSPS) is 19.0. The summed E-state index contributed by atoms with van der Waals surface area (Å²) in [6, 6.07) is 0. The van der Waals surface area contributed by atoms with Crippen LogP contribution in [-0.4, -0.2) is 13.1 Å². The molecule has 0 N–H and O–H groups in total. The van der Waals surface area contributed by atoms with Crippen LogP contribution in [0.3, 0.4) is 0 Å². The molecule has 0 aromatic carbocycles. The number of methoxy groups -OCH3 is 1. The highest BCUT2D eigenvalue weighted by Gasteiger charge is 2.16. The second kappa shape index (κ2) is 6.65. The van der Waals surface area contributed by atoms with E-state index >= 15 is 0 Å². The summed E-state index contributed by atoms with van der Waals surface area (Å²) in [7, 11) is 1.42. The number of esters is 1. The molecule has 0 saturated heterocycles. The summed E-state index contributed by atoms with van der Waals surface area (Å²) in [5.74, 6) is 0.411. The Balaban J connectivity index is 2.34. The van der Waals surface area contributed by atoms with Gasteiger partial charge in [-0.15, -0.1) is 0 Å². The molecule has 0 aromatic heterocycles. The van der Waals surface area contributed by atoms with Gasteiger partial charge in [0.15, 0.2) is 0 Å². The Morgan fingerprint density at radius 3 is 2.27 bits per heavy atom. The molecule has 2 heteroatoms.